The van der Waals surface area contributed by atoms with Gasteiger partial charge in [-0.3, -0.25) is 0 Å². The Kier molecular flexibility index (Phi) is 4.18. The summed E-state index contributed by atoms with van der Waals surface area (Å²) in [6.45, 7) is 0. The first kappa shape index (κ1) is 13.8. The maximum atomic E-state index is 6.08. The minimum atomic E-state index is 0.336. The SMILES string of the molecule is Clc1cc(Cl)cc(NC2CCCCc3ccccc32)c1. The molecule has 0 spiro atoms. The lowest BCUT2D eigenvalue weighted by Crippen LogP contribution is -2.11. The van der Waals surface area contributed by atoms with Gasteiger partial charge < -0.3 is 5.32 Å². The van der Waals surface area contributed by atoms with Gasteiger partial charge in [0.2, 0.25) is 0 Å². The molecule has 1 aliphatic rings. The van der Waals surface area contributed by atoms with E-state index in [2.05, 4.69) is 29.6 Å². The van der Waals surface area contributed by atoms with Crippen molar-refractivity contribution in [2.24, 2.45) is 0 Å². The molecule has 0 heterocycles. The average Bonchev–Trinajstić information content (AvgIpc) is 2.61. The lowest BCUT2D eigenvalue weighted by Gasteiger charge is -2.21. The van der Waals surface area contributed by atoms with Gasteiger partial charge in [-0.15, -0.1) is 0 Å². The second kappa shape index (κ2) is 6.07. The molecule has 2 aromatic carbocycles. The highest BCUT2D eigenvalue weighted by Gasteiger charge is 2.18. The Morgan fingerprint density at radius 2 is 1.70 bits per heavy atom. The van der Waals surface area contributed by atoms with E-state index in [-0.39, 0.29) is 0 Å². The molecule has 1 unspecified atom stereocenters. The van der Waals surface area contributed by atoms with Crippen molar-refractivity contribution in [2.75, 3.05) is 5.32 Å². The minimum Gasteiger partial charge on any atom is -0.378 e. The number of hydrogen-bond acceptors (Lipinski definition) is 1. The largest absolute Gasteiger partial charge is 0.378 e. The van der Waals surface area contributed by atoms with Crippen molar-refractivity contribution in [3.63, 3.8) is 0 Å². The zero-order chi connectivity index (χ0) is 13.9. The molecule has 1 aliphatic carbocycles. The molecule has 0 aliphatic heterocycles. The fourth-order valence-corrected chi connectivity index (χ4v) is 3.44. The highest BCUT2D eigenvalue weighted by Crippen LogP contribution is 2.33. The zero-order valence-electron chi connectivity index (χ0n) is 11.2. The maximum absolute atomic E-state index is 6.08. The maximum Gasteiger partial charge on any atom is 0.0516 e. The number of rotatable bonds is 2. The van der Waals surface area contributed by atoms with Gasteiger partial charge in [0.05, 0.1) is 6.04 Å². The quantitative estimate of drug-likeness (QED) is 0.684. The molecule has 0 fully saturated rings. The van der Waals surface area contributed by atoms with E-state index in [1.807, 2.05) is 12.1 Å². The van der Waals surface area contributed by atoms with Crippen LogP contribution in [0.3, 0.4) is 0 Å². The molecular weight excluding hydrogens is 289 g/mol. The van der Waals surface area contributed by atoms with Crippen LogP contribution in [-0.4, -0.2) is 0 Å². The first-order valence-electron chi connectivity index (χ1n) is 7.03. The van der Waals surface area contributed by atoms with Gasteiger partial charge in [-0.25, -0.2) is 0 Å². The van der Waals surface area contributed by atoms with Crippen LogP contribution in [0, 0.1) is 0 Å². The van der Waals surface area contributed by atoms with Crippen molar-refractivity contribution in [1.29, 1.82) is 0 Å². The van der Waals surface area contributed by atoms with Crippen molar-refractivity contribution in [3.8, 4) is 0 Å². The van der Waals surface area contributed by atoms with Crippen LogP contribution in [0.5, 0.6) is 0 Å². The number of benzene rings is 2. The van der Waals surface area contributed by atoms with Crippen LogP contribution in [-0.2, 0) is 6.42 Å². The molecule has 1 N–H and O–H groups in total. The zero-order valence-corrected chi connectivity index (χ0v) is 12.7. The van der Waals surface area contributed by atoms with Crippen LogP contribution in [0.2, 0.25) is 10.0 Å². The molecule has 0 saturated heterocycles. The van der Waals surface area contributed by atoms with Crippen LogP contribution in [0.25, 0.3) is 0 Å². The first-order valence-corrected chi connectivity index (χ1v) is 7.78. The molecule has 0 amide bonds. The highest BCUT2D eigenvalue weighted by molar-refractivity contribution is 6.35. The molecule has 0 bridgehead atoms. The minimum absolute atomic E-state index is 0.336. The van der Waals surface area contributed by atoms with Crippen LogP contribution < -0.4 is 5.32 Å². The summed E-state index contributed by atoms with van der Waals surface area (Å²) >= 11 is 12.2. The van der Waals surface area contributed by atoms with Gasteiger partial charge in [0.25, 0.3) is 0 Å². The van der Waals surface area contributed by atoms with Gasteiger partial charge in [-0.2, -0.15) is 0 Å². The van der Waals surface area contributed by atoms with Crippen molar-refractivity contribution >= 4 is 28.9 Å². The Morgan fingerprint density at radius 1 is 0.950 bits per heavy atom. The van der Waals surface area contributed by atoms with E-state index in [1.54, 1.807) is 6.07 Å². The van der Waals surface area contributed by atoms with Crippen LogP contribution in [0.15, 0.2) is 42.5 Å². The van der Waals surface area contributed by atoms with Crippen LogP contribution >= 0.6 is 23.2 Å². The summed E-state index contributed by atoms with van der Waals surface area (Å²) in [6.07, 6.45) is 4.80. The summed E-state index contributed by atoms with van der Waals surface area (Å²) in [7, 11) is 0. The van der Waals surface area contributed by atoms with E-state index in [4.69, 9.17) is 23.2 Å². The third-order valence-electron chi connectivity index (χ3n) is 3.82. The Morgan fingerprint density at radius 3 is 2.50 bits per heavy atom. The molecular formula is C17H17Cl2N. The Hall–Kier alpha value is -1.18. The molecule has 1 atom stereocenters. The van der Waals surface area contributed by atoms with Crippen molar-refractivity contribution in [2.45, 2.75) is 31.7 Å². The summed E-state index contributed by atoms with van der Waals surface area (Å²) in [5.74, 6) is 0. The third kappa shape index (κ3) is 3.11. The number of hydrogen-bond donors (Lipinski definition) is 1. The lowest BCUT2D eigenvalue weighted by atomic mass is 9.99. The monoisotopic (exact) mass is 305 g/mol. The lowest BCUT2D eigenvalue weighted by molar-refractivity contribution is 0.644. The predicted molar refractivity (Wildman–Crippen MR) is 86.8 cm³/mol. The molecule has 3 heteroatoms. The van der Waals surface area contributed by atoms with E-state index >= 15 is 0 Å². The molecule has 104 valence electrons. The van der Waals surface area contributed by atoms with E-state index in [1.165, 1.54) is 30.4 Å². The Balaban J connectivity index is 1.90. The first-order chi connectivity index (χ1) is 9.72. The van der Waals surface area contributed by atoms with E-state index in [0.717, 1.165) is 12.1 Å². The van der Waals surface area contributed by atoms with Crippen LogP contribution in [0.1, 0.15) is 36.4 Å². The van der Waals surface area contributed by atoms with Gasteiger partial charge >= 0.3 is 0 Å². The van der Waals surface area contributed by atoms with E-state index in [0.29, 0.717) is 16.1 Å². The Bertz CT molecular complexity index is 589. The molecule has 3 rings (SSSR count). The molecule has 1 nitrogen and oxygen atoms in total. The van der Waals surface area contributed by atoms with Crippen LogP contribution in [0.4, 0.5) is 5.69 Å². The smallest absolute Gasteiger partial charge is 0.0516 e. The second-order valence-electron chi connectivity index (χ2n) is 5.30. The fourth-order valence-electron chi connectivity index (χ4n) is 2.91. The summed E-state index contributed by atoms with van der Waals surface area (Å²) < 4.78 is 0. The van der Waals surface area contributed by atoms with Crippen molar-refractivity contribution < 1.29 is 0 Å². The molecule has 0 radical (unpaired) electrons. The summed E-state index contributed by atoms with van der Waals surface area (Å²) in [6, 6.07) is 14.7. The summed E-state index contributed by atoms with van der Waals surface area (Å²) in [5, 5.41) is 4.93. The number of halogens is 2. The highest BCUT2D eigenvalue weighted by atomic mass is 35.5. The summed E-state index contributed by atoms with van der Waals surface area (Å²) in [4.78, 5) is 0. The van der Waals surface area contributed by atoms with Gasteiger partial charge in [-0.05, 0) is 48.6 Å². The van der Waals surface area contributed by atoms with Gasteiger partial charge in [0, 0.05) is 15.7 Å². The number of aryl methyl sites for hydroxylation is 1. The van der Waals surface area contributed by atoms with Gasteiger partial charge in [0.1, 0.15) is 0 Å². The van der Waals surface area contributed by atoms with E-state index < -0.39 is 0 Å². The average molecular weight is 306 g/mol. The number of fused-ring (bicyclic) bond motifs is 1. The van der Waals surface area contributed by atoms with Crippen molar-refractivity contribution in [1.82, 2.24) is 0 Å². The predicted octanol–water partition coefficient (Wildman–Crippen LogP) is 5.87. The molecule has 20 heavy (non-hydrogen) atoms. The normalized spacial score (nSPS) is 18.2. The van der Waals surface area contributed by atoms with E-state index in [9.17, 15) is 0 Å². The summed E-state index contributed by atoms with van der Waals surface area (Å²) in [5.41, 5.74) is 3.85. The Labute approximate surface area is 129 Å². The van der Waals surface area contributed by atoms with Gasteiger partial charge in [0.15, 0.2) is 0 Å². The molecule has 2 aromatic rings. The second-order valence-corrected chi connectivity index (χ2v) is 6.17. The standard InChI is InChI=1S/C17H17Cl2N/c18-13-9-14(19)11-15(10-13)20-17-8-4-2-6-12-5-1-3-7-16(12)17/h1,3,5,7,9-11,17,20H,2,4,6,8H2. The topological polar surface area (TPSA) is 12.0 Å². The third-order valence-corrected chi connectivity index (χ3v) is 4.26. The fraction of sp³-hybridized carbons (Fsp3) is 0.294. The molecule has 0 saturated carbocycles. The van der Waals surface area contributed by atoms with Gasteiger partial charge in [-0.1, -0.05) is 53.9 Å². The number of nitrogens with one attached hydrogen (secondary N) is 1. The number of anilines is 1. The molecule has 0 aromatic heterocycles. The van der Waals surface area contributed by atoms with Crippen molar-refractivity contribution in [3.05, 3.63) is 63.6 Å².